The molecule has 27 heavy (non-hydrogen) atoms. The number of fused-ring (bicyclic) bond motifs is 1. The van der Waals surface area contributed by atoms with Crippen LogP contribution in [0.3, 0.4) is 0 Å². The molecule has 1 saturated carbocycles. The lowest BCUT2D eigenvalue weighted by atomic mass is 9.88. The molecule has 2 atom stereocenters. The molecule has 2 fully saturated rings. The third-order valence-electron chi connectivity index (χ3n) is 6.21. The van der Waals surface area contributed by atoms with E-state index in [-0.39, 0.29) is 23.8 Å². The maximum Gasteiger partial charge on any atom is 0.234 e. The lowest BCUT2D eigenvalue weighted by Gasteiger charge is -2.32. The number of carbonyl (C=O) groups is 2. The van der Waals surface area contributed by atoms with Gasteiger partial charge < -0.3 is 10.6 Å². The molecule has 1 aromatic rings. The highest BCUT2D eigenvalue weighted by Gasteiger charge is 2.29. The summed E-state index contributed by atoms with van der Waals surface area (Å²) in [4.78, 5) is 27.2. The minimum atomic E-state index is 0.0284. The number of carbonyl (C=O) groups excluding carboxylic acids is 2. The Bertz CT molecular complexity index is 686. The highest BCUT2D eigenvalue weighted by atomic mass is 16.2. The Morgan fingerprint density at radius 3 is 2.78 bits per heavy atom. The van der Waals surface area contributed by atoms with Crippen molar-refractivity contribution in [1.29, 1.82) is 0 Å². The second-order valence-electron chi connectivity index (χ2n) is 8.47. The molecule has 3 aliphatic rings. The summed E-state index contributed by atoms with van der Waals surface area (Å²) in [5.41, 5.74) is 2.63. The largest absolute Gasteiger partial charge is 0.356 e. The number of rotatable bonds is 6. The molecule has 2 aliphatic carbocycles. The van der Waals surface area contributed by atoms with E-state index < -0.39 is 0 Å². The van der Waals surface area contributed by atoms with Gasteiger partial charge in [-0.3, -0.25) is 14.5 Å². The Kier molecular flexibility index (Phi) is 5.77. The minimum absolute atomic E-state index is 0.0284. The molecule has 5 heteroatoms. The van der Waals surface area contributed by atoms with Crippen LogP contribution in [0.25, 0.3) is 0 Å². The Balaban J connectivity index is 1.27. The Hall–Kier alpha value is -1.88. The van der Waals surface area contributed by atoms with Crippen LogP contribution in [0.1, 0.15) is 55.7 Å². The van der Waals surface area contributed by atoms with Crippen LogP contribution in [0.15, 0.2) is 24.3 Å². The third-order valence-corrected chi connectivity index (χ3v) is 6.21. The average Bonchev–Trinajstić information content (AvgIpc) is 3.51. The predicted molar refractivity (Wildman–Crippen MR) is 105 cm³/mol. The molecule has 1 aliphatic heterocycles. The van der Waals surface area contributed by atoms with Crippen LogP contribution >= 0.6 is 0 Å². The Morgan fingerprint density at radius 2 is 1.93 bits per heavy atom. The van der Waals surface area contributed by atoms with E-state index in [0.717, 1.165) is 45.2 Å². The molecule has 4 rings (SSSR count). The molecule has 2 N–H and O–H groups in total. The number of piperidine rings is 1. The van der Waals surface area contributed by atoms with Gasteiger partial charge in [-0.25, -0.2) is 0 Å². The minimum Gasteiger partial charge on any atom is -0.356 e. The molecule has 5 nitrogen and oxygen atoms in total. The van der Waals surface area contributed by atoms with Crippen LogP contribution in [0, 0.1) is 11.8 Å². The van der Waals surface area contributed by atoms with E-state index in [1.807, 2.05) is 0 Å². The van der Waals surface area contributed by atoms with Crippen molar-refractivity contribution >= 4 is 11.8 Å². The molecule has 1 heterocycles. The van der Waals surface area contributed by atoms with Crippen LogP contribution in [-0.2, 0) is 16.0 Å². The van der Waals surface area contributed by atoms with Crippen molar-refractivity contribution in [2.75, 3.05) is 26.2 Å². The monoisotopic (exact) mass is 369 g/mol. The molecule has 1 saturated heterocycles. The van der Waals surface area contributed by atoms with Crippen molar-refractivity contribution < 1.29 is 9.59 Å². The summed E-state index contributed by atoms with van der Waals surface area (Å²) >= 11 is 0. The lowest BCUT2D eigenvalue weighted by molar-refractivity contribution is -0.129. The van der Waals surface area contributed by atoms with E-state index in [1.54, 1.807) is 0 Å². The summed E-state index contributed by atoms with van der Waals surface area (Å²) in [5, 5.41) is 6.33. The maximum absolute atomic E-state index is 12.6. The molecule has 0 aromatic heterocycles. The predicted octanol–water partition coefficient (Wildman–Crippen LogP) is 2.42. The number of nitrogens with one attached hydrogen (secondary N) is 2. The Morgan fingerprint density at radius 1 is 1.07 bits per heavy atom. The second kappa shape index (κ2) is 8.42. The van der Waals surface area contributed by atoms with Crippen LogP contribution in [-0.4, -0.2) is 42.9 Å². The second-order valence-corrected chi connectivity index (χ2v) is 8.47. The molecule has 1 aromatic carbocycles. The van der Waals surface area contributed by atoms with Crippen molar-refractivity contribution in [2.45, 2.75) is 51.0 Å². The molecule has 146 valence electrons. The van der Waals surface area contributed by atoms with E-state index in [0.29, 0.717) is 19.0 Å². The first-order chi connectivity index (χ1) is 13.2. The SMILES string of the molecule is O=C(CN1CCC[C@H](C(=O)NCC2CC2)C1)N[C@H]1CCCc2ccccc21. The van der Waals surface area contributed by atoms with Gasteiger partial charge in [0, 0.05) is 13.1 Å². The number of hydrogen-bond donors (Lipinski definition) is 2. The van der Waals surface area contributed by atoms with Gasteiger partial charge in [0.05, 0.1) is 18.5 Å². The summed E-state index contributed by atoms with van der Waals surface area (Å²) in [6, 6.07) is 8.57. The highest BCUT2D eigenvalue weighted by Crippen LogP contribution is 2.29. The molecule has 0 unspecified atom stereocenters. The van der Waals surface area contributed by atoms with Crippen LogP contribution in [0.5, 0.6) is 0 Å². The topological polar surface area (TPSA) is 61.4 Å². The number of benzene rings is 1. The van der Waals surface area contributed by atoms with E-state index in [4.69, 9.17) is 0 Å². The molecule has 0 spiro atoms. The highest BCUT2D eigenvalue weighted by molar-refractivity contribution is 5.80. The van der Waals surface area contributed by atoms with Gasteiger partial charge in [-0.2, -0.15) is 0 Å². The van der Waals surface area contributed by atoms with Gasteiger partial charge in [0.1, 0.15) is 0 Å². The quantitative estimate of drug-likeness (QED) is 0.810. The van der Waals surface area contributed by atoms with E-state index in [1.165, 1.54) is 24.0 Å². The number of aryl methyl sites for hydroxylation is 1. The fraction of sp³-hybridized carbons (Fsp3) is 0.636. The van der Waals surface area contributed by atoms with Crippen LogP contribution < -0.4 is 10.6 Å². The van der Waals surface area contributed by atoms with Gasteiger partial charge in [0.2, 0.25) is 11.8 Å². The van der Waals surface area contributed by atoms with Crippen LogP contribution in [0.4, 0.5) is 0 Å². The average molecular weight is 370 g/mol. The van der Waals surface area contributed by atoms with Crippen molar-refractivity contribution in [2.24, 2.45) is 11.8 Å². The first-order valence-electron chi connectivity index (χ1n) is 10.6. The summed E-state index contributed by atoms with van der Waals surface area (Å²) in [7, 11) is 0. The zero-order valence-electron chi connectivity index (χ0n) is 16.1. The van der Waals surface area contributed by atoms with Crippen molar-refractivity contribution in [1.82, 2.24) is 15.5 Å². The summed E-state index contributed by atoms with van der Waals surface area (Å²) in [5.74, 6) is 0.988. The first kappa shape index (κ1) is 18.5. The van der Waals surface area contributed by atoms with Gasteiger partial charge in [0.25, 0.3) is 0 Å². The van der Waals surface area contributed by atoms with Gasteiger partial charge in [-0.05, 0) is 68.5 Å². The molecule has 2 amide bonds. The molecular weight excluding hydrogens is 338 g/mol. The number of nitrogens with zero attached hydrogens (tertiary/aromatic N) is 1. The standard InChI is InChI=1S/C22H31N3O2/c26-21(24-20-9-3-6-17-5-1-2-8-19(17)20)15-25-12-4-7-18(14-25)22(27)23-13-16-10-11-16/h1-2,5,8,16,18,20H,3-4,6-7,9-15H2,(H,23,27)(H,24,26)/t18-,20-/m0/s1. The van der Waals surface area contributed by atoms with E-state index >= 15 is 0 Å². The van der Waals surface area contributed by atoms with E-state index in [9.17, 15) is 9.59 Å². The zero-order valence-corrected chi connectivity index (χ0v) is 16.1. The Labute approximate surface area is 161 Å². The fourth-order valence-electron chi connectivity index (χ4n) is 4.47. The molecule has 0 bridgehead atoms. The third kappa shape index (κ3) is 4.89. The van der Waals surface area contributed by atoms with Gasteiger partial charge in [-0.1, -0.05) is 24.3 Å². The molecular formula is C22H31N3O2. The summed E-state index contributed by atoms with van der Waals surface area (Å²) in [6.45, 7) is 2.83. The number of likely N-dealkylation sites (tertiary alicyclic amines) is 1. The van der Waals surface area contributed by atoms with Crippen molar-refractivity contribution in [3.05, 3.63) is 35.4 Å². The van der Waals surface area contributed by atoms with Gasteiger partial charge >= 0.3 is 0 Å². The summed E-state index contributed by atoms with van der Waals surface area (Å²) in [6.07, 6.45) is 7.66. The van der Waals surface area contributed by atoms with Crippen molar-refractivity contribution in [3.63, 3.8) is 0 Å². The van der Waals surface area contributed by atoms with Crippen molar-refractivity contribution in [3.8, 4) is 0 Å². The maximum atomic E-state index is 12.6. The lowest BCUT2D eigenvalue weighted by Crippen LogP contribution is -2.47. The fourth-order valence-corrected chi connectivity index (χ4v) is 4.47. The molecule has 0 radical (unpaired) electrons. The smallest absolute Gasteiger partial charge is 0.234 e. The van der Waals surface area contributed by atoms with E-state index in [2.05, 4.69) is 39.8 Å². The van der Waals surface area contributed by atoms with Gasteiger partial charge in [-0.15, -0.1) is 0 Å². The number of amides is 2. The number of hydrogen-bond acceptors (Lipinski definition) is 3. The first-order valence-corrected chi connectivity index (χ1v) is 10.6. The summed E-state index contributed by atoms with van der Waals surface area (Å²) < 4.78 is 0. The zero-order chi connectivity index (χ0) is 18.6. The normalized spacial score (nSPS) is 25.5. The van der Waals surface area contributed by atoms with Gasteiger partial charge in [0.15, 0.2) is 0 Å². The van der Waals surface area contributed by atoms with Crippen LogP contribution in [0.2, 0.25) is 0 Å².